The second-order valence-corrected chi connectivity index (χ2v) is 6.52. The first kappa shape index (κ1) is 15.8. The molecule has 2 aromatic rings. The molecule has 2 aliphatic rings. The summed E-state index contributed by atoms with van der Waals surface area (Å²) in [5.41, 5.74) is 2.87. The summed E-state index contributed by atoms with van der Waals surface area (Å²) in [5.74, 6) is 1.91. The Hall–Kier alpha value is -2.70. The SMILES string of the molecule is CCc1nnc2n1CCN(C(=O)c1ccc(N3CCC(C)=N3)cc1)C2. The molecule has 0 saturated carbocycles. The van der Waals surface area contributed by atoms with Gasteiger partial charge in [0.25, 0.3) is 5.91 Å². The van der Waals surface area contributed by atoms with E-state index in [-0.39, 0.29) is 5.91 Å². The van der Waals surface area contributed by atoms with Crippen LogP contribution < -0.4 is 5.01 Å². The number of anilines is 1. The lowest BCUT2D eigenvalue weighted by Crippen LogP contribution is -2.38. The zero-order valence-electron chi connectivity index (χ0n) is 14.6. The number of nitrogens with zero attached hydrogens (tertiary/aromatic N) is 6. The van der Waals surface area contributed by atoms with Crippen LogP contribution in [-0.4, -0.2) is 44.4 Å². The first-order valence-corrected chi connectivity index (χ1v) is 8.77. The van der Waals surface area contributed by atoms with Crippen LogP contribution in [0.4, 0.5) is 5.69 Å². The third kappa shape index (κ3) is 2.90. The van der Waals surface area contributed by atoms with E-state index in [1.807, 2.05) is 41.1 Å². The van der Waals surface area contributed by atoms with E-state index in [0.29, 0.717) is 18.7 Å². The molecule has 4 rings (SSSR count). The Morgan fingerprint density at radius 2 is 1.92 bits per heavy atom. The van der Waals surface area contributed by atoms with E-state index in [1.54, 1.807) is 0 Å². The number of hydrogen-bond donors (Lipinski definition) is 0. The third-order valence-corrected chi connectivity index (χ3v) is 4.82. The van der Waals surface area contributed by atoms with E-state index in [9.17, 15) is 4.79 Å². The smallest absolute Gasteiger partial charge is 0.254 e. The number of fused-ring (bicyclic) bond motifs is 1. The molecule has 0 atom stereocenters. The van der Waals surface area contributed by atoms with Gasteiger partial charge in [0, 0.05) is 43.8 Å². The van der Waals surface area contributed by atoms with E-state index >= 15 is 0 Å². The standard InChI is InChI=1S/C18H22N6O/c1-3-16-19-20-17-12-22(10-11-23(16)17)18(25)14-4-6-15(7-5-14)24-9-8-13(2)21-24/h4-7H,3,8-12H2,1-2H3. The quantitative estimate of drug-likeness (QED) is 0.859. The summed E-state index contributed by atoms with van der Waals surface area (Å²) in [4.78, 5) is 14.6. The first-order valence-electron chi connectivity index (χ1n) is 8.77. The molecule has 3 heterocycles. The molecule has 0 fully saturated rings. The van der Waals surface area contributed by atoms with E-state index in [1.165, 1.54) is 0 Å². The maximum atomic E-state index is 12.8. The molecule has 7 nitrogen and oxygen atoms in total. The summed E-state index contributed by atoms with van der Waals surface area (Å²) >= 11 is 0. The third-order valence-electron chi connectivity index (χ3n) is 4.82. The molecule has 25 heavy (non-hydrogen) atoms. The van der Waals surface area contributed by atoms with Crippen molar-refractivity contribution in [2.45, 2.75) is 39.8 Å². The molecule has 7 heteroatoms. The lowest BCUT2D eigenvalue weighted by molar-refractivity contribution is 0.0706. The lowest BCUT2D eigenvalue weighted by atomic mass is 10.1. The molecule has 0 bridgehead atoms. The molecule has 2 aliphatic heterocycles. The second-order valence-electron chi connectivity index (χ2n) is 6.52. The van der Waals surface area contributed by atoms with Crippen LogP contribution in [0.3, 0.4) is 0 Å². The zero-order valence-corrected chi connectivity index (χ0v) is 14.6. The fourth-order valence-electron chi connectivity index (χ4n) is 3.37. The van der Waals surface area contributed by atoms with Gasteiger partial charge in [-0.15, -0.1) is 10.2 Å². The van der Waals surface area contributed by atoms with Gasteiger partial charge >= 0.3 is 0 Å². The molecule has 1 aromatic carbocycles. The van der Waals surface area contributed by atoms with Crippen molar-refractivity contribution in [1.29, 1.82) is 0 Å². The van der Waals surface area contributed by atoms with Crippen molar-refractivity contribution in [3.8, 4) is 0 Å². The molecule has 0 unspecified atom stereocenters. The Morgan fingerprint density at radius 3 is 2.60 bits per heavy atom. The van der Waals surface area contributed by atoms with Crippen molar-refractivity contribution in [1.82, 2.24) is 19.7 Å². The van der Waals surface area contributed by atoms with Crippen LogP contribution in [0.15, 0.2) is 29.4 Å². The topological polar surface area (TPSA) is 66.6 Å². The van der Waals surface area contributed by atoms with Crippen molar-refractivity contribution in [2.24, 2.45) is 5.10 Å². The number of hydrazone groups is 1. The van der Waals surface area contributed by atoms with Gasteiger partial charge in [0.15, 0.2) is 5.82 Å². The van der Waals surface area contributed by atoms with Crippen LogP contribution in [0.5, 0.6) is 0 Å². The molecule has 0 N–H and O–H groups in total. The summed E-state index contributed by atoms with van der Waals surface area (Å²) in [6, 6.07) is 7.71. The summed E-state index contributed by atoms with van der Waals surface area (Å²) < 4.78 is 2.13. The van der Waals surface area contributed by atoms with E-state index < -0.39 is 0 Å². The lowest BCUT2D eigenvalue weighted by Gasteiger charge is -2.28. The highest BCUT2D eigenvalue weighted by molar-refractivity contribution is 5.94. The van der Waals surface area contributed by atoms with Gasteiger partial charge in [-0.2, -0.15) is 5.10 Å². The van der Waals surface area contributed by atoms with E-state index in [0.717, 1.165) is 49.0 Å². The van der Waals surface area contributed by atoms with Crippen LogP contribution in [0.25, 0.3) is 0 Å². The van der Waals surface area contributed by atoms with Gasteiger partial charge in [-0.25, -0.2) is 0 Å². The van der Waals surface area contributed by atoms with Crippen molar-refractivity contribution >= 4 is 17.3 Å². The molecular formula is C18H22N6O. The Morgan fingerprint density at radius 1 is 1.12 bits per heavy atom. The van der Waals surface area contributed by atoms with Crippen molar-refractivity contribution in [3.05, 3.63) is 41.5 Å². The first-order chi connectivity index (χ1) is 12.2. The Kier molecular flexibility index (Phi) is 3.99. The monoisotopic (exact) mass is 338 g/mol. The molecular weight excluding hydrogens is 316 g/mol. The molecule has 1 aromatic heterocycles. The Bertz CT molecular complexity index is 823. The molecule has 0 radical (unpaired) electrons. The summed E-state index contributed by atoms with van der Waals surface area (Å²) in [7, 11) is 0. The van der Waals surface area contributed by atoms with Gasteiger partial charge < -0.3 is 9.47 Å². The molecule has 130 valence electrons. The van der Waals surface area contributed by atoms with Gasteiger partial charge in [0.05, 0.1) is 12.2 Å². The average molecular weight is 338 g/mol. The van der Waals surface area contributed by atoms with Crippen LogP contribution in [0, 0.1) is 0 Å². The van der Waals surface area contributed by atoms with E-state index in [4.69, 9.17) is 0 Å². The largest absolute Gasteiger partial charge is 0.329 e. The second kappa shape index (κ2) is 6.31. The van der Waals surface area contributed by atoms with Crippen LogP contribution >= 0.6 is 0 Å². The number of aryl methyl sites for hydroxylation is 1. The molecule has 1 amide bonds. The van der Waals surface area contributed by atoms with Gasteiger partial charge in [-0.05, 0) is 31.2 Å². The number of hydrogen-bond acceptors (Lipinski definition) is 5. The number of carbonyl (C=O) groups is 1. The number of amides is 1. The molecule has 0 saturated heterocycles. The molecule has 0 spiro atoms. The van der Waals surface area contributed by atoms with Gasteiger partial charge in [0.2, 0.25) is 0 Å². The predicted molar refractivity (Wildman–Crippen MR) is 95.7 cm³/mol. The number of rotatable bonds is 3. The van der Waals surface area contributed by atoms with Crippen molar-refractivity contribution in [3.63, 3.8) is 0 Å². The maximum absolute atomic E-state index is 12.8. The predicted octanol–water partition coefficient (Wildman–Crippen LogP) is 2.08. The minimum Gasteiger partial charge on any atom is -0.329 e. The summed E-state index contributed by atoms with van der Waals surface area (Å²) in [6.45, 7) is 6.98. The Balaban J connectivity index is 1.48. The van der Waals surface area contributed by atoms with Gasteiger partial charge in [0.1, 0.15) is 5.82 Å². The molecule has 0 aliphatic carbocycles. The number of aromatic nitrogens is 3. The van der Waals surface area contributed by atoms with Crippen LogP contribution in [-0.2, 0) is 19.5 Å². The minimum absolute atomic E-state index is 0.0416. The zero-order chi connectivity index (χ0) is 17.4. The highest BCUT2D eigenvalue weighted by Gasteiger charge is 2.25. The Labute approximate surface area is 146 Å². The minimum atomic E-state index is 0.0416. The highest BCUT2D eigenvalue weighted by Crippen LogP contribution is 2.21. The normalized spacial score (nSPS) is 16.8. The maximum Gasteiger partial charge on any atom is 0.254 e. The van der Waals surface area contributed by atoms with Gasteiger partial charge in [-0.3, -0.25) is 9.80 Å². The van der Waals surface area contributed by atoms with E-state index in [2.05, 4.69) is 26.8 Å². The summed E-state index contributed by atoms with van der Waals surface area (Å²) in [5, 5.41) is 14.9. The fraction of sp³-hybridized carbons (Fsp3) is 0.444. The van der Waals surface area contributed by atoms with Crippen LogP contribution in [0.2, 0.25) is 0 Å². The van der Waals surface area contributed by atoms with Crippen LogP contribution in [0.1, 0.15) is 42.3 Å². The van der Waals surface area contributed by atoms with Gasteiger partial charge in [-0.1, -0.05) is 6.92 Å². The number of carbonyl (C=O) groups excluding carboxylic acids is 1. The fourth-order valence-corrected chi connectivity index (χ4v) is 3.37. The summed E-state index contributed by atoms with van der Waals surface area (Å²) in [6.07, 6.45) is 1.86. The van der Waals surface area contributed by atoms with Crippen molar-refractivity contribution in [2.75, 3.05) is 18.1 Å². The average Bonchev–Trinajstić information content (AvgIpc) is 3.26. The highest BCUT2D eigenvalue weighted by atomic mass is 16.2. The van der Waals surface area contributed by atoms with Crippen molar-refractivity contribution < 1.29 is 4.79 Å². The number of benzene rings is 1.